The first kappa shape index (κ1) is 15.4. The van der Waals surface area contributed by atoms with Gasteiger partial charge in [0.05, 0.1) is 19.8 Å². The van der Waals surface area contributed by atoms with E-state index in [0.717, 1.165) is 36.0 Å². The maximum atomic E-state index is 5.62. The molecular formula is C17H24N2O2S. The van der Waals surface area contributed by atoms with Gasteiger partial charge in [-0.3, -0.25) is 0 Å². The van der Waals surface area contributed by atoms with E-state index in [1.54, 1.807) is 14.2 Å². The molecule has 5 heteroatoms. The molecule has 3 rings (SSSR count). The van der Waals surface area contributed by atoms with Crippen molar-refractivity contribution in [3.8, 4) is 11.5 Å². The number of benzene rings is 1. The van der Waals surface area contributed by atoms with Gasteiger partial charge in [0, 0.05) is 12.1 Å². The molecule has 0 saturated carbocycles. The van der Waals surface area contributed by atoms with Crippen LogP contribution in [0.2, 0.25) is 0 Å². The first-order chi connectivity index (χ1) is 10.3. The second-order valence-electron chi connectivity index (χ2n) is 7.03. The number of hydrogen-bond acceptors (Lipinski definition) is 3. The van der Waals surface area contributed by atoms with E-state index in [4.69, 9.17) is 21.7 Å². The van der Waals surface area contributed by atoms with Crippen LogP contribution in [0.5, 0.6) is 11.5 Å². The minimum Gasteiger partial charge on any atom is -0.493 e. The molecule has 2 aliphatic rings. The van der Waals surface area contributed by atoms with Crippen molar-refractivity contribution in [1.29, 1.82) is 0 Å². The van der Waals surface area contributed by atoms with Crippen molar-refractivity contribution in [3.05, 3.63) is 23.3 Å². The molecule has 1 fully saturated rings. The third kappa shape index (κ3) is 2.22. The Morgan fingerprint density at radius 2 is 1.77 bits per heavy atom. The van der Waals surface area contributed by atoms with E-state index >= 15 is 0 Å². The predicted molar refractivity (Wildman–Crippen MR) is 91.7 cm³/mol. The molecule has 1 N–H and O–H groups in total. The van der Waals surface area contributed by atoms with Crippen LogP contribution in [-0.2, 0) is 12.0 Å². The maximum absolute atomic E-state index is 5.62. The summed E-state index contributed by atoms with van der Waals surface area (Å²) in [6.07, 6.45) is 1.95. The van der Waals surface area contributed by atoms with Gasteiger partial charge in [0.15, 0.2) is 16.6 Å². The van der Waals surface area contributed by atoms with Crippen LogP contribution in [0.25, 0.3) is 0 Å². The molecule has 22 heavy (non-hydrogen) atoms. The summed E-state index contributed by atoms with van der Waals surface area (Å²) in [4.78, 5) is 2.32. The van der Waals surface area contributed by atoms with E-state index in [2.05, 4.69) is 43.1 Å². The fourth-order valence-electron chi connectivity index (χ4n) is 4.03. The van der Waals surface area contributed by atoms with Crippen molar-refractivity contribution in [3.63, 3.8) is 0 Å². The second kappa shape index (κ2) is 5.01. The van der Waals surface area contributed by atoms with Crippen LogP contribution in [0.3, 0.4) is 0 Å². The Balaban J connectivity index is 2.15. The van der Waals surface area contributed by atoms with Crippen molar-refractivity contribution >= 4 is 17.3 Å². The minimum absolute atomic E-state index is 0.0237. The lowest BCUT2D eigenvalue weighted by Gasteiger charge is -2.55. The molecule has 4 nitrogen and oxygen atoms in total. The van der Waals surface area contributed by atoms with Crippen LogP contribution < -0.4 is 14.8 Å². The van der Waals surface area contributed by atoms with E-state index < -0.39 is 0 Å². The molecule has 0 spiro atoms. The lowest BCUT2D eigenvalue weighted by atomic mass is 9.73. The van der Waals surface area contributed by atoms with Gasteiger partial charge >= 0.3 is 0 Å². The lowest BCUT2D eigenvalue weighted by molar-refractivity contribution is 0.0970. The number of hydrogen-bond donors (Lipinski definition) is 1. The third-order valence-corrected chi connectivity index (χ3v) is 5.19. The highest BCUT2D eigenvalue weighted by molar-refractivity contribution is 7.80. The Morgan fingerprint density at radius 3 is 2.41 bits per heavy atom. The first-order valence-corrected chi connectivity index (χ1v) is 8.07. The van der Waals surface area contributed by atoms with Crippen molar-refractivity contribution < 1.29 is 9.47 Å². The molecule has 1 aromatic carbocycles. The van der Waals surface area contributed by atoms with Gasteiger partial charge in [-0.2, -0.15) is 0 Å². The van der Waals surface area contributed by atoms with Crippen molar-refractivity contribution in [2.45, 2.75) is 44.7 Å². The molecule has 0 aromatic heterocycles. The van der Waals surface area contributed by atoms with Crippen LogP contribution in [0, 0.1) is 0 Å². The lowest BCUT2D eigenvalue weighted by Crippen LogP contribution is -2.66. The normalized spacial score (nSPS) is 25.9. The molecular weight excluding hydrogens is 296 g/mol. The van der Waals surface area contributed by atoms with Gasteiger partial charge in [0.2, 0.25) is 0 Å². The van der Waals surface area contributed by atoms with E-state index in [1.165, 1.54) is 11.1 Å². The van der Waals surface area contributed by atoms with Crippen molar-refractivity contribution in [1.82, 2.24) is 10.2 Å². The van der Waals surface area contributed by atoms with Gasteiger partial charge in [-0.15, -0.1) is 0 Å². The highest BCUT2D eigenvalue weighted by atomic mass is 32.1. The molecule has 120 valence electrons. The molecule has 0 radical (unpaired) electrons. The Kier molecular flexibility index (Phi) is 3.51. The molecule has 0 bridgehead atoms. The number of fused-ring (bicyclic) bond motifs is 3. The van der Waals surface area contributed by atoms with E-state index in [-0.39, 0.29) is 11.1 Å². The Hall–Kier alpha value is -1.49. The minimum atomic E-state index is -0.112. The maximum Gasteiger partial charge on any atom is 0.170 e. The fourth-order valence-corrected chi connectivity index (χ4v) is 4.60. The number of thiocarbonyl (C=S) groups is 1. The number of methoxy groups -OCH3 is 2. The summed E-state index contributed by atoms with van der Waals surface area (Å²) in [5, 5.41) is 4.31. The zero-order valence-corrected chi connectivity index (χ0v) is 14.8. The Morgan fingerprint density at radius 1 is 1.14 bits per heavy atom. The Bertz CT molecular complexity index is 629. The van der Waals surface area contributed by atoms with E-state index in [0.29, 0.717) is 0 Å². The molecule has 2 aliphatic heterocycles. The average Bonchev–Trinajstić information content (AvgIpc) is 2.43. The smallest absolute Gasteiger partial charge is 0.170 e. The highest BCUT2D eigenvalue weighted by Crippen LogP contribution is 2.46. The molecule has 0 unspecified atom stereocenters. The zero-order chi connectivity index (χ0) is 16.1. The largest absolute Gasteiger partial charge is 0.493 e. The second-order valence-corrected chi connectivity index (χ2v) is 7.42. The van der Waals surface area contributed by atoms with Crippen LogP contribution in [0.15, 0.2) is 12.1 Å². The summed E-state index contributed by atoms with van der Waals surface area (Å²) in [5.74, 6) is 1.58. The molecule has 1 saturated heterocycles. The topological polar surface area (TPSA) is 33.7 Å². The van der Waals surface area contributed by atoms with Crippen LogP contribution >= 0.6 is 12.2 Å². The first-order valence-electron chi connectivity index (χ1n) is 7.66. The monoisotopic (exact) mass is 320 g/mol. The molecule has 2 heterocycles. The third-order valence-electron chi connectivity index (χ3n) is 4.87. The molecule has 1 atom stereocenters. The number of ether oxygens (including phenoxy) is 2. The quantitative estimate of drug-likeness (QED) is 0.848. The van der Waals surface area contributed by atoms with Gasteiger partial charge in [0.1, 0.15) is 0 Å². The van der Waals surface area contributed by atoms with Gasteiger partial charge in [-0.05, 0) is 69.1 Å². The Labute approximate surface area is 137 Å². The van der Waals surface area contributed by atoms with Crippen LogP contribution in [-0.4, -0.2) is 36.3 Å². The van der Waals surface area contributed by atoms with Gasteiger partial charge in [-0.1, -0.05) is 0 Å². The molecule has 1 aromatic rings. The van der Waals surface area contributed by atoms with Crippen LogP contribution in [0.4, 0.5) is 0 Å². The summed E-state index contributed by atoms with van der Waals surface area (Å²) in [6, 6.07) is 4.25. The van der Waals surface area contributed by atoms with Gasteiger partial charge in [0.25, 0.3) is 0 Å². The summed E-state index contributed by atoms with van der Waals surface area (Å²) in [7, 11) is 3.37. The van der Waals surface area contributed by atoms with E-state index in [9.17, 15) is 0 Å². The zero-order valence-electron chi connectivity index (χ0n) is 13.9. The van der Waals surface area contributed by atoms with E-state index in [1.807, 2.05) is 0 Å². The highest BCUT2D eigenvalue weighted by Gasteiger charge is 2.48. The van der Waals surface area contributed by atoms with Crippen molar-refractivity contribution in [2.24, 2.45) is 0 Å². The predicted octanol–water partition coefficient (Wildman–Crippen LogP) is 2.83. The van der Waals surface area contributed by atoms with Gasteiger partial charge in [-0.25, -0.2) is 0 Å². The van der Waals surface area contributed by atoms with Gasteiger partial charge < -0.3 is 19.7 Å². The summed E-state index contributed by atoms with van der Waals surface area (Å²) < 4.78 is 11.0. The van der Waals surface area contributed by atoms with Crippen molar-refractivity contribution in [2.75, 3.05) is 20.8 Å². The summed E-state index contributed by atoms with van der Waals surface area (Å²) in [6.45, 7) is 7.63. The number of nitrogens with zero attached hydrogens (tertiary/aromatic N) is 1. The number of rotatable bonds is 2. The van der Waals surface area contributed by atoms with Crippen LogP contribution in [0.1, 0.15) is 38.3 Å². The standard InChI is InChI=1S/C17H24N2O2S/c1-16(2)10-17(3)12-9-14(21-5)13(20-4)8-11(12)6-7-19(17)15(22)18-16/h8-9H,6-7,10H2,1-5H3,(H,18,22)/t17-/m0/s1. The molecule has 0 amide bonds. The average molecular weight is 320 g/mol. The summed E-state index contributed by atoms with van der Waals surface area (Å²) >= 11 is 5.62. The fraction of sp³-hybridized carbons (Fsp3) is 0.588. The molecule has 0 aliphatic carbocycles. The SMILES string of the molecule is COc1cc2c(cc1OC)[C@]1(C)CC(C)(C)NC(=S)N1CC2. The number of nitrogens with one attached hydrogen (secondary N) is 1. The summed E-state index contributed by atoms with van der Waals surface area (Å²) in [5.41, 5.74) is 2.49.